The summed E-state index contributed by atoms with van der Waals surface area (Å²) < 4.78 is 27.5. The lowest BCUT2D eigenvalue weighted by Gasteiger charge is -2.23. The summed E-state index contributed by atoms with van der Waals surface area (Å²) in [5.41, 5.74) is 0.830. The second-order valence-corrected chi connectivity index (χ2v) is 6.73. The first kappa shape index (κ1) is 16.6. The van der Waals surface area contributed by atoms with Crippen LogP contribution in [0.2, 0.25) is 0 Å². The van der Waals surface area contributed by atoms with Crippen molar-refractivity contribution in [3.63, 3.8) is 0 Å². The molecule has 1 aromatic rings. The van der Waals surface area contributed by atoms with Gasteiger partial charge in [-0.05, 0) is 11.5 Å². The Labute approximate surface area is 119 Å². The Morgan fingerprint density at radius 2 is 1.85 bits per heavy atom. The first-order valence-corrected chi connectivity index (χ1v) is 7.68. The van der Waals surface area contributed by atoms with Gasteiger partial charge in [0.15, 0.2) is 0 Å². The summed E-state index contributed by atoms with van der Waals surface area (Å²) in [6.45, 7) is 3.48. The molecule has 0 saturated carbocycles. The predicted molar refractivity (Wildman–Crippen MR) is 76.2 cm³/mol. The number of hydrogen-bond acceptors (Lipinski definition) is 3. The summed E-state index contributed by atoms with van der Waals surface area (Å²) in [7, 11) is -2.43. The van der Waals surface area contributed by atoms with Crippen LogP contribution in [0.5, 0.6) is 0 Å². The van der Waals surface area contributed by atoms with Crippen molar-refractivity contribution < 1.29 is 18.3 Å². The molecule has 7 heteroatoms. The molecule has 0 saturated heterocycles. The minimum absolute atomic E-state index is 0.181. The Morgan fingerprint density at radius 3 is 2.30 bits per heavy atom. The zero-order valence-corrected chi connectivity index (χ0v) is 12.6. The van der Waals surface area contributed by atoms with Crippen LogP contribution in [0.3, 0.4) is 0 Å². The lowest BCUT2D eigenvalue weighted by molar-refractivity contribution is -0.140. The van der Waals surface area contributed by atoms with E-state index in [-0.39, 0.29) is 12.5 Å². The normalized spacial score (nSPS) is 13.7. The monoisotopic (exact) mass is 300 g/mol. The van der Waals surface area contributed by atoms with Crippen LogP contribution in [-0.4, -0.2) is 36.9 Å². The summed E-state index contributed by atoms with van der Waals surface area (Å²) in [5.74, 6) is -1.52. The van der Waals surface area contributed by atoms with Crippen molar-refractivity contribution in [1.29, 1.82) is 0 Å². The Balaban J connectivity index is 2.80. The maximum absolute atomic E-state index is 12.1. The summed E-state index contributed by atoms with van der Waals surface area (Å²) in [6.07, 6.45) is 0. The molecule has 0 heterocycles. The van der Waals surface area contributed by atoms with Crippen LogP contribution in [0, 0.1) is 5.92 Å². The van der Waals surface area contributed by atoms with Gasteiger partial charge in [-0.1, -0.05) is 44.2 Å². The first-order valence-electron chi connectivity index (χ1n) is 6.24. The number of nitrogens with one attached hydrogen (secondary N) is 1. The number of aliphatic carboxylic acids is 1. The van der Waals surface area contributed by atoms with E-state index in [9.17, 15) is 13.2 Å². The lowest BCUT2D eigenvalue weighted by Crippen LogP contribution is -2.49. The van der Waals surface area contributed by atoms with Gasteiger partial charge in [0.2, 0.25) is 0 Å². The Bertz CT molecular complexity index is 543. The van der Waals surface area contributed by atoms with Crippen LogP contribution in [0.1, 0.15) is 19.4 Å². The van der Waals surface area contributed by atoms with Gasteiger partial charge in [-0.3, -0.25) is 4.79 Å². The zero-order chi connectivity index (χ0) is 15.3. The van der Waals surface area contributed by atoms with Crippen molar-refractivity contribution in [2.75, 3.05) is 7.05 Å². The molecule has 1 aromatic carbocycles. The Kier molecular flexibility index (Phi) is 5.67. The van der Waals surface area contributed by atoms with E-state index < -0.39 is 22.2 Å². The molecule has 112 valence electrons. The van der Waals surface area contributed by atoms with Crippen LogP contribution in [0.4, 0.5) is 0 Å². The van der Waals surface area contributed by atoms with Gasteiger partial charge in [0, 0.05) is 13.6 Å². The molecule has 0 spiro atoms. The van der Waals surface area contributed by atoms with Gasteiger partial charge in [0.05, 0.1) is 0 Å². The number of rotatable bonds is 7. The molecule has 1 atom stereocenters. The average molecular weight is 300 g/mol. The molecule has 0 fully saturated rings. The molecule has 20 heavy (non-hydrogen) atoms. The molecule has 2 N–H and O–H groups in total. The van der Waals surface area contributed by atoms with Gasteiger partial charge in [-0.15, -0.1) is 0 Å². The minimum Gasteiger partial charge on any atom is -0.480 e. The molecule has 0 unspecified atom stereocenters. The fourth-order valence-electron chi connectivity index (χ4n) is 1.65. The molecule has 0 bridgehead atoms. The molecule has 0 aliphatic heterocycles. The van der Waals surface area contributed by atoms with Crippen molar-refractivity contribution in [3.8, 4) is 0 Å². The van der Waals surface area contributed by atoms with Crippen LogP contribution < -0.4 is 4.72 Å². The van der Waals surface area contributed by atoms with E-state index in [1.165, 1.54) is 7.05 Å². The van der Waals surface area contributed by atoms with Crippen LogP contribution in [-0.2, 0) is 21.5 Å². The van der Waals surface area contributed by atoms with Crippen molar-refractivity contribution in [2.45, 2.75) is 26.4 Å². The molecule has 0 radical (unpaired) electrons. The van der Waals surface area contributed by atoms with E-state index in [1.54, 1.807) is 13.8 Å². The Hall–Kier alpha value is -1.44. The van der Waals surface area contributed by atoms with E-state index in [2.05, 4.69) is 4.72 Å². The summed E-state index contributed by atoms with van der Waals surface area (Å²) in [6, 6.07) is 7.95. The molecular weight excluding hydrogens is 280 g/mol. The SMILES string of the molecule is CC(C)[C@@H](NS(=O)(=O)N(C)Cc1ccccc1)C(=O)O. The molecule has 0 aliphatic carbocycles. The van der Waals surface area contributed by atoms with E-state index in [0.717, 1.165) is 9.87 Å². The lowest BCUT2D eigenvalue weighted by atomic mass is 10.1. The molecule has 0 aromatic heterocycles. The molecule has 0 amide bonds. The second kappa shape index (κ2) is 6.83. The van der Waals surface area contributed by atoms with Crippen LogP contribution in [0.25, 0.3) is 0 Å². The number of carbonyl (C=O) groups is 1. The van der Waals surface area contributed by atoms with E-state index in [0.29, 0.717) is 0 Å². The minimum atomic E-state index is -3.85. The number of hydrogen-bond donors (Lipinski definition) is 2. The topological polar surface area (TPSA) is 86.7 Å². The zero-order valence-electron chi connectivity index (χ0n) is 11.8. The molecule has 1 rings (SSSR count). The number of carboxylic acids is 1. The van der Waals surface area contributed by atoms with Gasteiger partial charge >= 0.3 is 5.97 Å². The third kappa shape index (κ3) is 4.59. The van der Waals surface area contributed by atoms with Gasteiger partial charge in [0.25, 0.3) is 10.2 Å². The smallest absolute Gasteiger partial charge is 0.322 e. The van der Waals surface area contributed by atoms with Crippen molar-refractivity contribution >= 4 is 16.2 Å². The quantitative estimate of drug-likeness (QED) is 0.788. The highest BCUT2D eigenvalue weighted by molar-refractivity contribution is 7.87. The maximum Gasteiger partial charge on any atom is 0.322 e. The van der Waals surface area contributed by atoms with E-state index in [1.807, 2.05) is 30.3 Å². The molecule has 0 aliphatic rings. The fraction of sp³-hybridized carbons (Fsp3) is 0.462. The highest BCUT2D eigenvalue weighted by atomic mass is 32.2. The number of carboxylic acid groups (broad SMARTS) is 1. The van der Waals surface area contributed by atoms with Gasteiger partial charge in [-0.25, -0.2) is 0 Å². The summed E-state index contributed by atoms with van der Waals surface area (Å²) in [4.78, 5) is 11.1. The van der Waals surface area contributed by atoms with Crippen LogP contribution in [0.15, 0.2) is 30.3 Å². The second-order valence-electron chi connectivity index (χ2n) is 4.92. The maximum atomic E-state index is 12.1. The van der Waals surface area contributed by atoms with Gasteiger partial charge in [0.1, 0.15) is 6.04 Å². The van der Waals surface area contributed by atoms with Crippen molar-refractivity contribution in [1.82, 2.24) is 9.03 Å². The van der Waals surface area contributed by atoms with Gasteiger partial charge in [-0.2, -0.15) is 17.4 Å². The van der Waals surface area contributed by atoms with E-state index in [4.69, 9.17) is 5.11 Å². The standard InChI is InChI=1S/C13H20N2O4S/c1-10(2)12(13(16)17)14-20(18,19)15(3)9-11-7-5-4-6-8-11/h4-8,10,12,14H,9H2,1-3H3,(H,16,17)/t12-/m1/s1. The molecular formula is C13H20N2O4S. The number of nitrogens with zero attached hydrogens (tertiary/aromatic N) is 1. The number of benzene rings is 1. The van der Waals surface area contributed by atoms with Crippen molar-refractivity contribution in [2.24, 2.45) is 5.92 Å². The average Bonchev–Trinajstić information content (AvgIpc) is 2.36. The molecule has 6 nitrogen and oxygen atoms in total. The van der Waals surface area contributed by atoms with Gasteiger partial charge < -0.3 is 5.11 Å². The van der Waals surface area contributed by atoms with Crippen molar-refractivity contribution in [3.05, 3.63) is 35.9 Å². The predicted octanol–water partition coefficient (Wildman–Crippen LogP) is 1.06. The summed E-state index contributed by atoms with van der Waals surface area (Å²) in [5, 5.41) is 9.03. The van der Waals surface area contributed by atoms with E-state index >= 15 is 0 Å². The highest BCUT2D eigenvalue weighted by Crippen LogP contribution is 2.09. The third-order valence-corrected chi connectivity index (χ3v) is 4.37. The highest BCUT2D eigenvalue weighted by Gasteiger charge is 2.29. The first-order chi connectivity index (χ1) is 9.24. The van der Waals surface area contributed by atoms with Crippen LogP contribution >= 0.6 is 0 Å². The summed E-state index contributed by atoms with van der Waals surface area (Å²) >= 11 is 0. The fourth-order valence-corrected chi connectivity index (χ4v) is 2.84. The Morgan fingerprint density at radius 1 is 1.30 bits per heavy atom. The third-order valence-electron chi connectivity index (χ3n) is 2.87. The largest absolute Gasteiger partial charge is 0.480 e.